The number of anilines is 1. The Hall–Kier alpha value is -2.05. The first kappa shape index (κ1) is 17.4. The van der Waals surface area contributed by atoms with Crippen LogP contribution < -0.4 is 4.90 Å². The Morgan fingerprint density at radius 3 is 2.42 bits per heavy atom. The number of rotatable bonds is 3. The van der Waals surface area contributed by atoms with Crippen molar-refractivity contribution in [2.24, 2.45) is 0 Å². The molecule has 138 valence electrons. The maximum absolute atomic E-state index is 13.0. The van der Waals surface area contributed by atoms with Gasteiger partial charge >= 0.3 is 0 Å². The van der Waals surface area contributed by atoms with E-state index in [1.165, 1.54) is 12.1 Å². The Balaban J connectivity index is 1.36. The molecule has 0 amide bonds. The quantitative estimate of drug-likeness (QED) is 0.846. The molecular formula is C20H25FN4O. The van der Waals surface area contributed by atoms with Crippen LogP contribution in [-0.4, -0.2) is 60.0 Å². The third kappa shape index (κ3) is 3.86. The average Bonchev–Trinajstić information content (AvgIpc) is 2.69. The molecule has 0 saturated carbocycles. The summed E-state index contributed by atoms with van der Waals surface area (Å²) in [5.41, 5.74) is 1.65. The van der Waals surface area contributed by atoms with Crippen molar-refractivity contribution in [3.63, 3.8) is 0 Å². The summed E-state index contributed by atoms with van der Waals surface area (Å²) >= 11 is 0. The van der Waals surface area contributed by atoms with Gasteiger partial charge in [-0.1, -0.05) is 0 Å². The van der Waals surface area contributed by atoms with Crippen LogP contribution in [-0.2, 0) is 4.74 Å². The monoisotopic (exact) mass is 356 g/mol. The van der Waals surface area contributed by atoms with Gasteiger partial charge in [-0.3, -0.25) is 4.90 Å². The molecule has 26 heavy (non-hydrogen) atoms. The Kier molecular flexibility index (Phi) is 5.13. The number of morpholine rings is 1. The minimum atomic E-state index is -0.240. The van der Waals surface area contributed by atoms with Crippen LogP contribution in [0.15, 0.2) is 36.4 Å². The summed E-state index contributed by atoms with van der Waals surface area (Å²) in [5.74, 6) is 0.681. The van der Waals surface area contributed by atoms with Crippen molar-refractivity contribution in [1.29, 1.82) is 0 Å². The van der Waals surface area contributed by atoms with Crippen molar-refractivity contribution in [3.8, 4) is 11.3 Å². The van der Waals surface area contributed by atoms with Crippen LogP contribution in [0.25, 0.3) is 11.3 Å². The first-order valence-electron chi connectivity index (χ1n) is 9.39. The van der Waals surface area contributed by atoms with E-state index in [-0.39, 0.29) is 5.82 Å². The Labute approximate surface area is 153 Å². The van der Waals surface area contributed by atoms with Crippen molar-refractivity contribution < 1.29 is 9.13 Å². The number of aromatic nitrogens is 2. The highest BCUT2D eigenvalue weighted by Gasteiger charge is 2.28. The lowest BCUT2D eigenvalue weighted by molar-refractivity contribution is -0.0373. The Bertz CT molecular complexity index is 714. The molecular weight excluding hydrogens is 331 g/mol. The van der Waals surface area contributed by atoms with Gasteiger partial charge in [0.25, 0.3) is 0 Å². The van der Waals surface area contributed by atoms with Crippen molar-refractivity contribution >= 4 is 5.82 Å². The highest BCUT2D eigenvalue weighted by atomic mass is 19.1. The van der Waals surface area contributed by atoms with Crippen LogP contribution >= 0.6 is 0 Å². The van der Waals surface area contributed by atoms with Gasteiger partial charge in [0.15, 0.2) is 5.82 Å². The number of piperidine rings is 1. The molecule has 1 atom stereocenters. The van der Waals surface area contributed by atoms with E-state index in [0.29, 0.717) is 12.1 Å². The van der Waals surface area contributed by atoms with Gasteiger partial charge in [0.2, 0.25) is 0 Å². The molecule has 2 fully saturated rings. The van der Waals surface area contributed by atoms with E-state index in [9.17, 15) is 4.39 Å². The second-order valence-corrected chi connectivity index (χ2v) is 7.18. The smallest absolute Gasteiger partial charge is 0.151 e. The first-order chi connectivity index (χ1) is 12.7. The SMILES string of the molecule is CC1CN(C2CCN(c3ccc(-c4ccc(F)cc4)nn3)CC2)CCO1. The predicted molar refractivity (Wildman–Crippen MR) is 99.6 cm³/mol. The zero-order valence-corrected chi connectivity index (χ0v) is 15.1. The van der Waals surface area contributed by atoms with Gasteiger partial charge in [0.1, 0.15) is 5.82 Å². The van der Waals surface area contributed by atoms with Crippen LogP contribution in [0.3, 0.4) is 0 Å². The summed E-state index contributed by atoms with van der Waals surface area (Å²) in [6.07, 6.45) is 2.63. The van der Waals surface area contributed by atoms with Gasteiger partial charge in [-0.2, -0.15) is 0 Å². The van der Waals surface area contributed by atoms with E-state index in [4.69, 9.17) is 4.74 Å². The summed E-state index contributed by atoms with van der Waals surface area (Å²) < 4.78 is 18.7. The summed E-state index contributed by atoms with van der Waals surface area (Å²) in [7, 11) is 0. The second-order valence-electron chi connectivity index (χ2n) is 7.18. The molecule has 0 radical (unpaired) electrons. The zero-order chi connectivity index (χ0) is 17.9. The molecule has 3 heterocycles. The van der Waals surface area contributed by atoms with E-state index in [1.807, 2.05) is 12.1 Å². The lowest BCUT2D eigenvalue weighted by atomic mass is 10.0. The minimum Gasteiger partial charge on any atom is -0.376 e. The van der Waals surface area contributed by atoms with Gasteiger partial charge < -0.3 is 9.64 Å². The largest absolute Gasteiger partial charge is 0.376 e. The molecule has 0 N–H and O–H groups in total. The van der Waals surface area contributed by atoms with E-state index >= 15 is 0 Å². The van der Waals surface area contributed by atoms with Crippen LogP contribution in [0.4, 0.5) is 10.2 Å². The Morgan fingerprint density at radius 1 is 1.00 bits per heavy atom. The normalized spacial score (nSPS) is 22.5. The number of nitrogens with zero attached hydrogens (tertiary/aromatic N) is 4. The molecule has 2 aliphatic heterocycles. The van der Waals surface area contributed by atoms with E-state index in [0.717, 1.165) is 62.7 Å². The van der Waals surface area contributed by atoms with Gasteiger partial charge in [0, 0.05) is 37.8 Å². The number of hydrogen-bond donors (Lipinski definition) is 0. The lowest BCUT2D eigenvalue weighted by Crippen LogP contribution is -2.51. The molecule has 1 aromatic carbocycles. The molecule has 0 bridgehead atoms. The first-order valence-corrected chi connectivity index (χ1v) is 9.39. The van der Waals surface area contributed by atoms with Crippen LogP contribution in [0.2, 0.25) is 0 Å². The van der Waals surface area contributed by atoms with Crippen molar-refractivity contribution in [3.05, 3.63) is 42.2 Å². The fourth-order valence-electron chi connectivity index (χ4n) is 3.91. The van der Waals surface area contributed by atoms with Gasteiger partial charge in [-0.15, -0.1) is 10.2 Å². The molecule has 2 aromatic rings. The second kappa shape index (κ2) is 7.68. The van der Waals surface area contributed by atoms with Crippen LogP contribution in [0.1, 0.15) is 19.8 Å². The number of ether oxygens (including phenoxy) is 1. The van der Waals surface area contributed by atoms with E-state index in [2.05, 4.69) is 26.9 Å². The third-order valence-electron chi connectivity index (χ3n) is 5.37. The molecule has 0 spiro atoms. The number of hydrogen-bond acceptors (Lipinski definition) is 5. The molecule has 6 heteroatoms. The minimum absolute atomic E-state index is 0.240. The number of halogens is 1. The molecule has 1 aromatic heterocycles. The van der Waals surface area contributed by atoms with E-state index in [1.54, 1.807) is 12.1 Å². The van der Waals surface area contributed by atoms with E-state index < -0.39 is 0 Å². The van der Waals surface area contributed by atoms with Crippen LogP contribution in [0.5, 0.6) is 0 Å². The summed E-state index contributed by atoms with van der Waals surface area (Å²) in [6, 6.07) is 11.0. The topological polar surface area (TPSA) is 41.5 Å². The highest BCUT2D eigenvalue weighted by molar-refractivity contribution is 5.59. The molecule has 4 rings (SSSR count). The standard InChI is InChI=1S/C20H25FN4O/c1-15-14-25(12-13-26-15)18-8-10-24(11-9-18)20-7-6-19(22-23-20)16-2-4-17(21)5-3-16/h2-7,15,18H,8-14H2,1H3. The number of benzene rings is 1. The van der Waals surface area contributed by atoms with Crippen molar-refractivity contribution in [2.75, 3.05) is 37.7 Å². The summed E-state index contributed by atoms with van der Waals surface area (Å²) in [6.45, 7) is 7.08. The van der Waals surface area contributed by atoms with Crippen LogP contribution in [0, 0.1) is 5.82 Å². The molecule has 0 aliphatic carbocycles. The summed E-state index contributed by atoms with van der Waals surface area (Å²) in [4.78, 5) is 4.89. The maximum Gasteiger partial charge on any atom is 0.151 e. The lowest BCUT2D eigenvalue weighted by Gasteiger charge is -2.41. The van der Waals surface area contributed by atoms with Gasteiger partial charge in [0.05, 0.1) is 18.4 Å². The van der Waals surface area contributed by atoms with Gasteiger partial charge in [-0.25, -0.2) is 4.39 Å². The summed E-state index contributed by atoms with van der Waals surface area (Å²) in [5, 5.41) is 8.73. The van der Waals surface area contributed by atoms with Crippen molar-refractivity contribution in [1.82, 2.24) is 15.1 Å². The average molecular weight is 356 g/mol. The molecule has 1 unspecified atom stereocenters. The maximum atomic E-state index is 13.0. The zero-order valence-electron chi connectivity index (χ0n) is 15.1. The fraction of sp³-hybridized carbons (Fsp3) is 0.500. The molecule has 2 saturated heterocycles. The predicted octanol–water partition coefficient (Wildman–Crippen LogP) is 2.97. The van der Waals surface area contributed by atoms with Gasteiger partial charge in [-0.05, 0) is 56.2 Å². The third-order valence-corrected chi connectivity index (χ3v) is 5.37. The molecule has 2 aliphatic rings. The molecule has 5 nitrogen and oxygen atoms in total. The van der Waals surface area contributed by atoms with Crippen molar-refractivity contribution in [2.45, 2.75) is 31.9 Å². The fourth-order valence-corrected chi connectivity index (χ4v) is 3.91. The Morgan fingerprint density at radius 2 is 1.77 bits per heavy atom. The highest BCUT2D eigenvalue weighted by Crippen LogP contribution is 2.24.